The molecule has 0 aliphatic heterocycles. The molecule has 0 radical (unpaired) electrons. The van der Waals surface area contributed by atoms with Gasteiger partial charge in [0.05, 0.1) is 13.7 Å². The van der Waals surface area contributed by atoms with Gasteiger partial charge >= 0.3 is 6.09 Å². The number of amides is 2. The van der Waals surface area contributed by atoms with Crippen molar-refractivity contribution in [2.24, 2.45) is 5.18 Å². The summed E-state index contributed by atoms with van der Waals surface area (Å²) in [6.45, 7) is 7.15. The third kappa shape index (κ3) is 7.76. The highest BCUT2D eigenvalue weighted by Crippen LogP contribution is 2.17. The summed E-state index contributed by atoms with van der Waals surface area (Å²) in [4.78, 5) is 49.9. The topological polar surface area (TPSA) is 128 Å². The summed E-state index contributed by atoms with van der Waals surface area (Å²) in [6, 6.07) is 14.3. The van der Waals surface area contributed by atoms with Gasteiger partial charge in [0.25, 0.3) is 5.56 Å². The first-order valence-electron chi connectivity index (χ1n) is 12.0. The van der Waals surface area contributed by atoms with E-state index >= 15 is 0 Å². The highest BCUT2D eigenvalue weighted by atomic mass is 16.6. The summed E-state index contributed by atoms with van der Waals surface area (Å²) in [7, 11) is 1.58. The van der Waals surface area contributed by atoms with E-state index in [0.29, 0.717) is 23.4 Å². The van der Waals surface area contributed by atoms with Crippen molar-refractivity contribution in [2.75, 3.05) is 12.4 Å². The molecule has 3 rings (SSSR count). The minimum Gasteiger partial charge on any atom is -0.497 e. The minimum absolute atomic E-state index is 0.0934. The number of aryl methyl sites for hydroxylation is 1. The maximum absolute atomic E-state index is 13.4. The number of carbonyl (C=O) groups excluding carboxylic acids is 2. The quantitative estimate of drug-likeness (QED) is 0.394. The molecule has 1 heterocycles. The monoisotopic (exact) mass is 520 g/mol. The van der Waals surface area contributed by atoms with E-state index < -0.39 is 23.6 Å². The summed E-state index contributed by atoms with van der Waals surface area (Å²) >= 11 is 0. The van der Waals surface area contributed by atoms with Crippen molar-refractivity contribution >= 4 is 23.4 Å². The van der Waals surface area contributed by atoms with E-state index in [-0.39, 0.29) is 23.4 Å². The number of benzene rings is 2. The van der Waals surface area contributed by atoms with Gasteiger partial charge in [-0.15, -0.1) is 4.91 Å². The Labute approximate surface area is 220 Å². The highest BCUT2D eigenvalue weighted by molar-refractivity contribution is 5.97. The molecule has 2 aromatic carbocycles. The summed E-state index contributed by atoms with van der Waals surface area (Å²) in [5.41, 5.74) is 1.34. The number of aromatic nitrogens is 1. The number of hydrogen-bond acceptors (Lipinski definition) is 7. The molecular weight excluding hydrogens is 488 g/mol. The number of nitroso groups, excluding NO2 is 1. The maximum Gasteiger partial charge on any atom is 0.408 e. The second kappa shape index (κ2) is 12.2. The first kappa shape index (κ1) is 28.1. The first-order valence-corrected chi connectivity index (χ1v) is 12.0. The fourth-order valence-electron chi connectivity index (χ4n) is 3.67. The van der Waals surface area contributed by atoms with Gasteiger partial charge in [-0.25, -0.2) is 4.79 Å². The molecule has 0 aliphatic rings. The SMILES string of the molecule is COc1ccc(Cn2ccc(C)c(NC(=O)[C@H](Cc3ccc(N=O)cc3)NC(=O)OC(C)(C)C)c2=O)cc1. The molecule has 0 saturated carbocycles. The molecule has 0 spiro atoms. The Morgan fingerprint density at radius 3 is 2.21 bits per heavy atom. The van der Waals surface area contributed by atoms with Crippen LogP contribution in [0.2, 0.25) is 0 Å². The number of ether oxygens (including phenoxy) is 2. The average molecular weight is 521 g/mol. The number of alkyl carbamates (subject to hydrolysis) is 1. The van der Waals surface area contributed by atoms with Crippen LogP contribution in [0.15, 0.2) is 70.8 Å². The number of hydrogen-bond donors (Lipinski definition) is 2. The predicted octanol–water partition coefficient (Wildman–Crippen LogP) is 4.69. The third-order valence-corrected chi connectivity index (χ3v) is 5.62. The van der Waals surface area contributed by atoms with E-state index in [2.05, 4.69) is 15.8 Å². The lowest BCUT2D eigenvalue weighted by atomic mass is 10.0. The molecule has 2 N–H and O–H groups in total. The van der Waals surface area contributed by atoms with Gasteiger partial charge in [0.1, 0.15) is 28.8 Å². The Hall–Kier alpha value is -4.47. The molecule has 3 aromatic rings. The molecule has 38 heavy (non-hydrogen) atoms. The van der Waals surface area contributed by atoms with Crippen molar-refractivity contribution < 1.29 is 19.1 Å². The van der Waals surface area contributed by atoms with Crippen molar-refractivity contribution in [3.05, 3.63) is 92.7 Å². The van der Waals surface area contributed by atoms with E-state index in [1.807, 2.05) is 24.3 Å². The molecule has 0 fully saturated rings. The Bertz CT molecular complexity index is 1340. The zero-order valence-corrected chi connectivity index (χ0v) is 22.1. The lowest BCUT2D eigenvalue weighted by Gasteiger charge is -2.23. The molecule has 10 nitrogen and oxygen atoms in total. The highest BCUT2D eigenvalue weighted by Gasteiger charge is 2.26. The van der Waals surface area contributed by atoms with Crippen LogP contribution in [-0.4, -0.2) is 35.3 Å². The van der Waals surface area contributed by atoms with Crippen LogP contribution in [0.5, 0.6) is 5.75 Å². The molecule has 1 aromatic heterocycles. The van der Waals surface area contributed by atoms with Gasteiger partial charge in [0.2, 0.25) is 5.91 Å². The van der Waals surface area contributed by atoms with Crippen LogP contribution in [0.4, 0.5) is 16.2 Å². The number of rotatable bonds is 9. The molecule has 0 saturated heterocycles. The van der Waals surface area contributed by atoms with E-state index in [9.17, 15) is 19.3 Å². The fourth-order valence-corrected chi connectivity index (χ4v) is 3.67. The second-order valence-electron chi connectivity index (χ2n) is 9.80. The lowest BCUT2D eigenvalue weighted by molar-refractivity contribution is -0.118. The van der Waals surface area contributed by atoms with Gasteiger partial charge in [-0.05, 0) is 79.9 Å². The van der Waals surface area contributed by atoms with Crippen LogP contribution in [0.25, 0.3) is 0 Å². The lowest BCUT2D eigenvalue weighted by Crippen LogP contribution is -2.47. The van der Waals surface area contributed by atoms with Crippen LogP contribution in [0.1, 0.15) is 37.5 Å². The summed E-state index contributed by atoms with van der Waals surface area (Å²) in [5, 5.41) is 8.17. The fraction of sp³-hybridized carbons (Fsp3) is 0.321. The van der Waals surface area contributed by atoms with Crippen molar-refractivity contribution in [1.29, 1.82) is 0 Å². The van der Waals surface area contributed by atoms with Gasteiger partial charge in [0, 0.05) is 12.6 Å². The van der Waals surface area contributed by atoms with E-state index in [4.69, 9.17) is 9.47 Å². The second-order valence-corrected chi connectivity index (χ2v) is 9.80. The van der Waals surface area contributed by atoms with Gasteiger partial charge in [0.15, 0.2) is 0 Å². The summed E-state index contributed by atoms with van der Waals surface area (Å²) < 4.78 is 12.0. The standard InChI is InChI=1S/C28H32N4O6/c1-18-14-15-32(17-20-8-12-22(37-5)13-9-20)26(34)24(18)30-25(33)23(29-27(35)38-28(2,3)4)16-19-6-10-21(31-36)11-7-19/h6-15,23H,16-17H2,1-5H3,(H,29,35)(H,30,33)/t23-/m0/s1. The number of nitrogens with one attached hydrogen (secondary N) is 2. The summed E-state index contributed by atoms with van der Waals surface area (Å²) in [6.07, 6.45) is 0.984. The Morgan fingerprint density at radius 2 is 1.63 bits per heavy atom. The Balaban J connectivity index is 1.85. The van der Waals surface area contributed by atoms with Crippen LogP contribution < -0.4 is 20.9 Å². The average Bonchev–Trinajstić information content (AvgIpc) is 2.87. The van der Waals surface area contributed by atoms with E-state index in [0.717, 1.165) is 5.56 Å². The Kier molecular flexibility index (Phi) is 9.01. The smallest absolute Gasteiger partial charge is 0.408 e. The van der Waals surface area contributed by atoms with E-state index in [1.54, 1.807) is 59.2 Å². The largest absolute Gasteiger partial charge is 0.497 e. The van der Waals surface area contributed by atoms with Crippen LogP contribution in [0.3, 0.4) is 0 Å². The minimum atomic E-state index is -1.06. The van der Waals surface area contributed by atoms with Crippen LogP contribution in [0, 0.1) is 11.8 Å². The number of methoxy groups -OCH3 is 1. The van der Waals surface area contributed by atoms with E-state index in [1.165, 1.54) is 16.7 Å². The van der Waals surface area contributed by atoms with Crippen LogP contribution >= 0.6 is 0 Å². The maximum atomic E-state index is 13.4. The van der Waals surface area contributed by atoms with Gasteiger partial charge in [-0.1, -0.05) is 24.3 Å². The molecule has 1 atom stereocenters. The molecule has 10 heteroatoms. The molecule has 0 aliphatic carbocycles. The number of carbonyl (C=O) groups is 2. The third-order valence-electron chi connectivity index (χ3n) is 5.62. The number of nitrogens with zero attached hydrogens (tertiary/aromatic N) is 2. The van der Waals surface area contributed by atoms with Gasteiger partial charge < -0.3 is 24.7 Å². The Morgan fingerprint density at radius 1 is 1.00 bits per heavy atom. The summed E-state index contributed by atoms with van der Waals surface area (Å²) in [5.74, 6) is 0.120. The molecule has 0 unspecified atom stereocenters. The van der Waals surface area contributed by atoms with Gasteiger partial charge in [-0.3, -0.25) is 9.59 Å². The molecule has 200 valence electrons. The van der Waals surface area contributed by atoms with Crippen LogP contribution in [-0.2, 0) is 22.5 Å². The van der Waals surface area contributed by atoms with Crippen molar-refractivity contribution in [3.63, 3.8) is 0 Å². The normalized spacial score (nSPS) is 11.8. The molecule has 2 amide bonds. The van der Waals surface area contributed by atoms with Crippen molar-refractivity contribution in [3.8, 4) is 5.75 Å². The van der Waals surface area contributed by atoms with Gasteiger partial charge in [-0.2, -0.15) is 0 Å². The number of pyridine rings is 1. The zero-order valence-electron chi connectivity index (χ0n) is 22.1. The molecular formula is C28H32N4O6. The molecule has 0 bridgehead atoms. The van der Waals surface area contributed by atoms with Crippen molar-refractivity contribution in [1.82, 2.24) is 9.88 Å². The number of anilines is 1. The predicted molar refractivity (Wildman–Crippen MR) is 145 cm³/mol. The first-order chi connectivity index (χ1) is 18.0. The zero-order chi connectivity index (χ0) is 27.9. The van der Waals surface area contributed by atoms with Crippen molar-refractivity contribution in [2.45, 2.75) is 52.3 Å².